The summed E-state index contributed by atoms with van der Waals surface area (Å²) in [5.74, 6) is 0.0974. The van der Waals surface area contributed by atoms with Gasteiger partial charge in [-0.05, 0) is 31.0 Å². The van der Waals surface area contributed by atoms with E-state index in [9.17, 15) is 19.1 Å². The number of rotatable bonds is 4. The van der Waals surface area contributed by atoms with E-state index in [1.54, 1.807) is 21.9 Å². The predicted octanol–water partition coefficient (Wildman–Crippen LogP) is 1.78. The molecule has 1 aromatic heterocycles. The van der Waals surface area contributed by atoms with Crippen molar-refractivity contribution in [3.05, 3.63) is 41.5 Å². The molecule has 2 aliphatic rings. The summed E-state index contributed by atoms with van der Waals surface area (Å²) in [5.41, 5.74) is 0.942. The second-order valence-electron chi connectivity index (χ2n) is 7.40. The molecule has 2 N–H and O–H groups in total. The maximum Gasteiger partial charge on any atom is 0.320 e. The van der Waals surface area contributed by atoms with Crippen LogP contribution in [0.3, 0.4) is 0 Å². The molecule has 2 aliphatic heterocycles. The van der Waals surface area contributed by atoms with Crippen LogP contribution >= 0.6 is 11.8 Å². The Morgan fingerprint density at radius 1 is 1.38 bits per heavy atom. The number of halogens is 1. The summed E-state index contributed by atoms with van der Waals surface area (Å²) in [6, 6.07) is 5.65. The van der Waals surface area contributed by atoms with E-state index in [1.807, 2.05) is 6.92 Å². The number of nitrogens with zero attached hydrogens (tertiary/aromatic N) is 4. The zero-order valence-corrected chi connectivity index (χ0v) is 16.7. The SMILES string of the molecule is CC1C(c2nc(SCc3ccc(F)cc3)n[nH]2)C(=O)CN1C(=O)N1CCC(O)C1. The zero-order valence-electron chi connectivity index (χ0n) is 15.9. The molecule has 29 heavy (non-hydrogen) atoms. The summed E-state index contributed by atoms with van der Waals surface area (Å²) in [6.45, 7) is 2.64. The van der Waals surface area contributed by atoms with Gasteiger partial charge >= 0.3 is 6.03 Å². The number of hydrogen-bond acceptors (Lipinski definition) is 6. The van der Waals surface area contributed by atoms with Crippen LogP contribution in [-0.4, -0.2) is 73.7 Å². The second kappa shape index (κ2) is 8.11. The first-order valence-electron chi connectivity index (χ1n) is 9.48. The minimum absolute atomic E-state index is 0.0238. The highest BCUT2D eigenvalue weighted by Gasteiger charge is 2.45. The quantitative estimate of drug-likeness (QED) is 0.733. The van der Waals surface area contributed by atoms with Gasteiger partial charge in [0.05, 0.1) is 18.6 Å². The largest absolute Gasteiger partial charge is 0.391 e. The lowest BCUT2D eigenvalue weighted by Gasteiger charge is -2.27. The molecule has 0 bridgehead atoms. The van der Waals surface area contributed by atoms with E-state index >= 15 is 0 Å². The van der Waals surface area contributed by atoms with Gasteiger partial charge in [-0.1, -0.05) is 23.9 Å². The van der Waals surface area contributed by atoms with E-state index in [4.69, 9.17) is 0 Å². The van der Waals surface area contributed by atoms with Gasteiger partial charge in [0.15, 0.2) is 5.78 Å². The van der Waals surface area contributed by atoms with Crippen molar-refractivity contribution in [3.8, 4) is 0 Å². The highest BCUT2D eigenvalue weighted by molar-refractivity contribution is 7.98. The van der Waals surface area contributed by atoms with E-state index in [2.05, 4.69) is 15.2 Å². The molecule has 3 unspecified atom stereocenters. The summed E-state index contributed by atoms with van der Waals surface area (Å²) >= 11 is 1.39. The number of aromatic nitrogens is 3. The minimum atomic E-state index is -0.556. The molecule has 2 aromatic rings. The van der Waals surface area contributed by atoms with Gasteiger partial charge in [-0.2, -0.15) is 0 Å². The number of urea groups is 1. The number of likely N-dealkylation sites (tertiary alicyclic amines) is 2. The van der Waals surface area contributed by atoms with Crippen LogP contribution in [0.5, 0.6) is 0 Å². The van der Waals surface area contributed by atoms with E-state index in [0.29, 0.717) is 36.2 Å². The zero-order chi connectivity index (χ0) is 20.5. The number of aliphatic hydroxyl groups is 1. The molecule has 0 radical (unpaired) electrons. The lowest BCUT2D eigenvalue weighted by Crippen LogP contribution is -2.44. The van der Waals surface area contributed by atoms with Gasteiger partial charge in [-0.15, -0.1) is 5.10 Å². The number of carbonyl (C=O) groups is 2. The molecule has 0 saturated carbocycles. The van der Waals surface area contributed by atoms with Crippen LogP contribution in [0.25, 0.3) is 0 Å². The molecule has 154 valence electrons. The number of aliphatic hydroxyl groups excluding tert-OH is 1. The summed E-state index contributed by atoms with van der Waals surface area (Å²) in [4.78, 5) is 32.9. The number of β-amino-alcohol motifs (C(OH)–C–C–N with tert-alkyl or cyclic N) is 1. The molecule has 1 aromatic carbocycles. The molecule has 8 nitrogen and oxygen atoms in total. The molecular weight excluding hydrogens is 397 g/mol. The number of Topliss-reactive ketones (excluding diaryl/α,β-unsaturated/α-hetero) is 1. The molecular formula is C19H22FN5O3S. The fraction of sp³-hybridized carbons (Fsp3) is 0.474. The fourth-order valence-electron chi connectivity index (χ4n) is 3.77. The van der Waals surface area contributed by atoms with Gasteiger partial charge in [0.2, 0.25) is 5.16 Å². The third kappa shape index (κ3) is 4.13. The Morgan fingerprint density at radius 2 is 2.14 bits per heavy atom. The Kier molecular flexibility index (Phi) is 5.55. The van der Waals surface area contributed by atoms with Crippen LogP contribution in [0.4, 0.5) is 9.18 Å². The number of thioether (sulfide) groups is 1. The Bertz CT molecular complexity index is 906. The smallest absolute Gasteiger partial charge is 0.320 e. The number of ketones is 1. The molecule has 0 aliphatic carbocycles. The first-order chi connectivity index (χ1) is 13.9. The van der Waals surface area contributed by atoms with E-state index in [0.717, 1.165) is 5.56 Å². The minimum Gasteiger partial charge on any atom is -0.391 e. The van der Waals surface area contributed by atoms with Crippen LogP contribution in [0.1, 0.15) is 30.7 Å². The monoisotopic (exact) mass is 419 g/mol. The number of H-pyrrole nitrogens is 1. The highest BCUT2D eigenvalue weighted by Crippen LogP contribution is 2.31. The van der Waals surface area contributed by atoms with E-state index in [1.165, 1.54) is 23.9 Å². The standard InChI is InChI=1S/C19H22FN5O3S/c1-11-16(15(27)9-25(11)19(28)24-7-6-14(26)8-24)17-21-18(23-22-17)29-10-12-2-4-13(20)5-3-12/h2-5,11,14,16,26H,6-10H2,1H3,(H,21,22,23). The summed E-state index contributed by atoms with van der Waals surface area (Å²) < 4.78 is 13.0. The molecule has 2 amide bonds. The molecule has 2 saturated heterocycles. The first kappa shape index (κ1) is 19.8. The molecule has 3 atom stereocenters. The van der Waals surface area contributed by atoms with E-state index in [-0.39, 0.29) is 30.2 Å². The van der Waals surface area contributed by atoms with Crippen molar-refractivity contribution in [3.63, 3.8) is 0 Å². The predicted molar refractivity (Wildman–Crippen MR) is 104 cm³/mol. The van der Waals surface area contributed by atoms with Gasteiger partial charge in [-0.25, -0.2) is 14.2 Å². The topological polar surface area (TPSA) is 102 Å². The third-order valence-electron chi connectivity index (χ3n) is 5.38. The number of hydrogen-bond donors (Lipinski definition) is 2. The summed E-state index contributed by atoms with van der Waals surface area (Å²) in [6.07, 6.45) is 0.0561. The van der Waals surface area contributed by atoms with Gasteiger partial charge in [-0.3, -0.25) is 9.89 Å². The Hall–Kier alpha value is -2.46. The number of carbonyl (C=O) groups excluding carboxylic acids is 2. The van der Waals surface area contributed by atoms with Crippen LogP contribution in [0.15, 0.2) is 29.4 Å². The maximum absolute atomic E-state index is 13.0. The number of aromatic amines is 1. The summed E-state index contributed by atoms with van der Waals surface area (Å²) in [7, 11) is 0. The van der Waals surface area contributed by atoms with Crippen molar-refractivity contribution in [2.75, 3.05) is 19.6 Å². The lowest BCUT2D eigenvalue weighted by molar-refractivity contribution is -0.118. The van der Waals surface area contributed by atoms with Gasteiger partial charge < -0.3 is 14.9 Å². The number of amides is 2. The number of benzene rings is 1. The average Bonchev–Trinajstić information content (AvgIpc) is 3.40. The van der Waals surface area contributed by atoms with Gasteiger partial charge in [0, 0.05) is 24.9 Å². The lowest BCUT2D eigenvalue weighted by atomic mass is 10.0. The maximum atomic E-state index is 13.0. The van der Waals surface area contributed by atoms with Crippen LogP contribution in [0, 0.1) is 5.82 Å². The normalized spacial score (nSPS) is 24.5. The average molecular weight is 419 g/mol. The Balaban J connectivity index is 1.41. The highest BCUT2D eigenvalue weighted by atomic mass is 32.2. The molecule has 0 spiro atoms. The first-order valence-corrected chi connectivity index (χ1v) is 10.5. The Labute approximate surface area is 171 Å². The van der Waals surface area contributed by atoms with Crippen LogP contribution < -0.4 is 0 Å². The molecule has 4 rings (SSSR count). The fourth-order valence-corrected chi connectivity index (χ4v) is 4.53. The van der Waals surface area contributed by atoms with Crippen molar-refractivity contribution < 1.29 is 19.1 Å². The molecule has 2 fully saturated rings. The Morgan fingerprint density at radius 3 is 2.83 bits per heavy atom. The van der Waals surface area contributed by atoms with Crippen molar-refractivity contribution >= 4 is 23.6 Å². The van der Waals surface area contributed by atoms with Crippen molar-refractivity contribution in [1.29, 1.82) is 0 Å². The van der Waals surface area contributed by atoms with Crippen molar-refractivity contribution in [2.45, 2.75) is 42.3 Å². The van der Waals surface area contributed by atoms with Crippen molar-refractivity contribution in [2.24, 2.45) is 0 Å². The third-order valence-corrected chi connectivity index (χ3v) is 6.30. The molecule has 10 heteroatoms. The van der Waals surface area contributed by atoms with Gasteiger partial charge in [0.1, 0.15) is 11.6 Å². The van der Waals surface area contributed by atoms with E-state index < -0.39 is 12.0 Å². The van der Waals surface area contributed by atoms with Gasteiger partial charge in [0.25, 0.3) is 0 Å². The van der Waals surface area contributed by atoms with Crippen molar-refractivity contribution in [1.82, 2.24) is 25.0 Å². The molecule has 3 heterocycles. The van der Waals surface area contributed by atoms with Crippen LogP contribution in [-0.2, 0) is 10.5 Å². The summed E-state index contributed by atoms with van der Waals surface area (Å²) in [5, 5.41) is 17.2. The number of nitrogens with one attached hydrogen (secondary N) is 1. The second-order valence-corrected chi connectivity index (χ2v) is 8.34. The van der Waals surface area contributed by atoms with Crippen LogP contribution in [0.2, 0.25) is 0 Å².